The molecule has 3 rings (SSSR count). The van der Waals surface area contributed by atoms with Gasteiger partial charge in [-0.2, -0.15) is 0 Å². The van der Waals surface area contributed by atoms with Gasteiger partial charge >= 0.3 is 5.97 Å². The van der Waals surface area contributed by atoms with Crippen LogP contribution in [0, 0.1) is 0 Å². The van der Waals surface area contributed by atoms with E-state index < -0.39 is 5.97 Å². The number of fused-ring (bicyclic) bond motifs is 1. The number of rotatable bonds is 3. The minimum atomic E-state index is -0.424. The maximum absolute atomic E-state index is 12.1. The summed E-state index contributed by atoms with van der Waals surface area (Å²) in [5.41, 5.74) is 2.74. The first kappa shape index (κ1) is 13.2. The quantitative estimate of drug-likeness (QED) is 0.750. The molecule has 5 heteroatoms. The lowest BCUT2D eigenvalue weighted by Gasteiger charge is -2.08. The molecule has 0 fully saturated rings. The van der Waals surface area contributed by atoms with Gasteiger partial charge in [0.2, 0.25) is 5.88 Å². The number of esters is 1. The number of hydrogen-bond donors (Lipinski definition) is 1. The van der Waals surface area contributed by atoms with Crippen LogP contribution >= 0.6 is 0 Å². The van der Waals surface area contributed by atoms with Crippen LogP contribution in [0.4, 0.5) is 0 Å². The molecule has 0 saturated heterocycles. The van der Waals surface area contributed by atoms with Crippen molar-refractivity contribution in [3.63, 3.8) is 0 Å². The number of ether oxygens (including phenoxy) is 2. The Morgan fingerprint density at radius 1 is 1.14 bits per heavy atom. The third-order valence-electron chi connectivity index (χ3n) is 3.33. The molecule has 5 nitrogen and oxygen atoms in total. The predicted molar refractivity (Wildman–Crippen MR) is 79.4 cm³/mol. The Hall–Kier alpha value is -2.82. The van der Waals surface area contributed by atoms with Crippen LogP contribution in [-0.4, -0.2) is 30.2 Å². The minimum Gasteiger partial charge on any atom is -0.481 e. The van der Waals surface area contributed by atoms with Crippen LogP contribution in [0.15, 0.2) is 42.6 Å². The standard InChI is InChI=1S/C16H14N2O3/c1-20-15-11(7-5-9-17-15)13-10-6-3-4-8-12(10)18-14(13)16(19)21-2/h3-9,18H,1-2H3. The monoisotopic (exact) mass is 282 g/mol. The highest BCUT2D eigenvalue weighted by molar-refractivity contribution is 6.08. The number of carbonyl (C=O) groups excluding carboxylic acids is 1. The van der Waals surface area contributed by atoms with E-state index in [0.29, 0.717) is 11.6 Å². The smallest absolute Gasteiger partial charge is 0.355 e. The van der Waals surface area contributed by atoms with E-state index in [1.807, 2.05) is 30.3 Å². The van der Waals surface area contributed by atoms with E-state index in [2.05, 4.69) is 9.97 Å². The normalized spacial score (nSPS) is 10.6. The van der Waals surface area contributed by atoms with E-state index in [4.69, 9.17) is 9.47 Å². The van der Waals surface area contributed by atoms with Crippen LogP contribution in [-0.2, 0) is 4.74 Å². The number of hydrogen-bond acceptors (Lipinski definition) is 4. The molecule has 0 saturated carbocycles. The molecule has 106 valence electrons. The summed E-state index contributed by atoms with van der Waals surface area (Å²) in [5, 5.41) is 0.921. The summed E-state index contributed by atoms with van der Waals surface area (Å²) in [6.45, 7) is 0. The van der Waals surface area contributed by atoms with E-state index >= 15 is 0 Å². The number of para-hydroxylation sites is 1. The van der Waals surface area contributed by atoms with Crippen LogP contribution < -0.4 is 4.74 Å². The third-order valence-corrected chi connectivity index (χ3v) is 3.33. The molecule has 0 unspecified atom stereocenters. The van der Waals surface area contributed by atoms with E-state index in [-0.39, 0.29) is 0 Å². The molecule has 1 N–H and O–H groups in total. The number of H-pyrrole nitrogens is 1. The Kier molecular flexibility index (Phi) is 3.31. The van der Waals surface area contributed by atoms with Gasteiger partial charge in [-0.05, 0) is 18.2 Å². The highest BCUT2D eigenvalue weighted by Crippen LogP contribution is 2.36. The minimum absolute atomic E-state index is 0.394. The summed E-state index contributed by atoms with van der Waals surface area (Å²) in [4.78, 5) is 19.4. The van der Waals surface area contributed by atoms with Gasteiger partial charge in [-0.25, -0.2) is 9.78 Å². The summed E-state index contributed by atoms with van der Waals surface area (Å²) in [6.07, 6.45) is 1.65. The summed E-state index contributed by atoms with van der Waals surface area (Å²) in [5.74, 6) is 0.0412. The Morgan fingerprint density at radius 2 is 1.95 bits per heavy atom. The average Bonchev–Trinajstić information content (AvgIpc) is 2.93. The van der Waals surface area contributed by atoms with Crippen molar-refractivity contribution in [3.8, 4) is 17.0 Å². The Balaban J connectivity index is 2.36. The molecular formula is C16H14N2O3. The number of nitrogens with zero attached hydrogens (tertiary/aromatic N) is 1. The molecule has 0 aliphatic rings. The first-order valence-corrected chi connectivity index (χ1v) is 6.44. The average molecular weight is 282 g/mol. The number of carbonyl (C=O) groups is 1. The second-order valence-electron chi connectivity index (χ2n) is 4.47. The lowest BCUT2D eigenvalue weighted by Crippen LogP contribution is -2.04. The van der Waals surface area contributed by atoms with Gasteiger partial charge in [0, 0.05) is 28.2 Å². The number of benzene rings is 1. The zero-order valence-corrected chi connectivity index (χ0v) is 11.7. The van der Waals surface area contributed by atoms with E-state index in [1.54, 1.807) is 19.4 Å². The van der Waals surface area contributed by atoms with Gasteiger partial charge in [-0.3, -0.25) is 0 Å². The largest absolute Gasteiger partial charge is 0.481 e. The molecule has 2 heterocycles. The SMILES string of the molecule is COC(=O)c1[nH]c2ccccc2c1-c1cccnc1OC. The van der Waals surface area contributed by atoms with Crippen LogP contribution in [0.25, 0.3) is 22.0 Å². The highest BCUT2D eigenvalue weighted by atomic mass is 16.5. The molecule has 2 aromatic heterocycles. The number of methoxy groups -OCH3 is 2. The van der Waals surface area contributed by atoms with E-state index in [9.17, 15) is 4.79 Å². The maximum atomic E-state index is 12.1. The molecule has 0 aliphatic carbocycles. The van der Waals surface area contributed by atoms with Gasteiger partial charge in [0.1, 0.15) is 5.69 Å². The van der Waals surface area contributed by atoms with E-state index in [0.717, 1.165) is 22.0 Å². The van der Waals surface area contributed by atoms with Crippen molar-refractivity contribution < 1.29 is 14.3 Å². The first-order chi connectivity index (χ1) is 10.3. The second-order valence-corrected chi connectivity index (χ2v) is 4.47. The molecule has 0 radical (unpaired) electrons. The van der Waals surface area contributed by atoms with Gasteiger partial charge in [0.15, 0.2) is 0 Å². The van der Waals surface area contributed by atoms with Crippen molar-refractivity contribution in [2.75, 3.05) is 14.2 Å². The van der Waals surface area contributed by atoms with Crippen LogP contribution in [0.3, 0.4) is 0 Å². The topological polar surface area (TPSA) is 64.2 Å². The number of aromatic amines is 1. The van der Waals surface area contributed by atoms with Gasteiger partial charge < -0.3 is 14.5 Å². The van der Waals surface area contributed by atoms with E-state index in [1.165, 1.54) is 7.11 Å². The molecule has 1 aromatic carbocycles. The zero-order valence-electron chi connectivity index (χ0n) is 11.7. The summed E-state index contributed by atoms with van der Waals surface area (Å²) >= 11 is 0. The van der Waals surface area contributed by atoms with Crippen LogP contribution in [0.1, 0.15) is 10.5 Å². The van der Waals surface area contributed by atoms with Crippen LogP contribution in [0.5, 0.6) is 5.88 Å². The van der Waals surface area contributed by atoms with Crippen molar-refractivity contribution in [1.29, 1.82) is 0 Å². The lowest BCUT2D eigenvalue weighted by atomic mass is 10.0. The Labute approximate surface area is 121 Å². The van der Waals surface area contributed by atoms with Crippen molar-refractivity contribution in [3.05, 3.63) is 48.3 Å². The molecule has 0 atom stereocenters. The molecule has 0 amide bonds. The maximum Gasteiger partial charge on any atom is 0.355 e. The van der Waals surface area contributed by atoms with Gasteiger partial charge in [0.05, 0.1) is 14.2 Å². The zero-order chi connectivity index (χ0) is 14.8. The third kappa shape index (κ3) is 2.12. The molecule has 0 spiro atoms. The van der Waals surface area contributed by atoms with Crippen molar-refractivity contribution in [2.24, 2.45) is 0 Å². The fourth-order valence-corrected chi connectivity index (χ4v) is 2.42. The second kappa shape index (κ2) is 5.28. The van der Waals surface area contributed by atoms with Gasteiger partial charge in [0.25, 0.3) is 0 Å². The molecule has 3 aromatic rings. The number of aromatic nitrogens is 2. The molecular weight excluding hydrogens is 268 g/mol. The number of pyridine rings is 1. The first-order valence-electron chi connectivity index (χ1n) is 6.44. The summed E-state index contributed by atoms with van der Waals surface area (Å²) < 4.78 is 10.2. The lowest BCUT2D eigenvalue weighted by molar-refractivity contribution is 0.0596. The fourth-order valence-electron chi connectivity index (χ4n) is 2.42. The molecule has 0 bridgehead atoms. The van der Waals surface area contributed by atoms with Crippen molar-refractivity contribution in [2.45, 2.75) is 0 Å². The van der Waals surface area contributed by atoms with Gasteiger partial charge in [-0.15, -0.1) is 0 Å². The van der Waals surface area contributed by atoms with Crippen molar-refractivity contribution in [1.82, 2.24) is 9.97 Å². The molecule has 0 aliphatic heterocycles. The molecule has 21 heavy (non-hydrogen) atoms. The number of nitrogens with one attached hydrogen (secondary N) is 1. The Morgan fingerprint density at radius 3 is 2.71 bits per heavy atom. The summed E-state index contributed by atoms with van der Waals surface area (Å²) in [6, 6.07) is 11.4. The highest BCUT2D eigenvalue weighted by Gasteiger charge is 2.22. The summed E-state index contributed by atoms with van der Waals surface area (Å²) in [7, 11) is 2.91. The predicted octanol–water partition coefficient (Wildman–Crippen LogP) is 3.03. The fraction of sp³-hybridized carbons (Fsp3) is 0.125. The van der Waals surface area contributed by atoms with Gasteiger partial charge in [-0.1, -0.05) is 18.2 Å². The Bertz CT molecular complexity index is 808. The van der Waals surface area contributed by atoms with Crippen LogP contribution in [0.2, 0.25) is 0 Å². The van der Waals surface area contributed by atoms with Crippen molar-refractivity contribution >= 4 is 16.9 Å².